The van der Waals surface area contributed by atoms with E-state index in [1.165, 1.54) is 42.0 Å². The van der Waals surface area contributed by atoms with Crippen molar-refractivity contribution < 1.29 is 0 Å². The van der Waals surface area contributed by atoms with Crippen LogP contribution in [0.15, 0.2) is 170 Å². The molecule has 54 heavy (non-hydrogen) atoms. The third-order valence-electron chi connectivity index (χ3n) is 10.3. The van der Waals surface area contributed by atoms with Gasteiger partial charge >= 0.3 is 0 Å². The van der Waals surface area contributed by atoms with Crippen molar-refractivity contribution in [1.82, 2.24) is 19.5 Å². The fourth-order valence-electron chi connectivity index (χ4n) is 7.90. The molecule has 3 heterocycles. The van der Waals surface area contributed by atoms with Gasteiger partial charge in [-0.15, -0.1) is 11.3 Å². The number of nitrogens with zero attached hydrogens (tertiary/aromatic N) is 4. The first-order valence-electron chi connectivity index (χ1n) is 18.3. The van der Waals surface area contributed by atoms with Gasteiger partial charge in [-0.3, -0.25) is 0 Å². The van der Waals surface area contributed by atoms with Crippen LogP contribution in [-0.2, 0) is 0 Å². The molecule has 5 heteroatoms. The van der Waals surface area contributed by atoms with Gasteiger partial charge in [-0.05, 0) is 60.7 Å². The van der Waals surface area contributed by atoms with Gasteiger partial charge in [0.15, 0.2) is 17.5 Å². The Balaban J connectivity index is 1.25. The number of aromatic nitrogens is 4. The fourth-order valence-corrected chi connectivity index (χ4v) is 9.16. The number of fused-ring (bicyclic) bond motifs is 8. The quantitative estimate of drug-likeness (QED) is 0.161. The topological polar surface area (TPSA) is 43.6 Å². The van der Waals surface area contributed by atoms with Gasteiger partial charge in [0.05, 0.1) is 11.0 Å². The number of allylic oxidation sites excluding steroid dienone is 4. The van der Waals surface area contributed by atoms with E-state index < -0.39 is 0 Å². The summed E-state index contributed by atoms with van der Waals surface area (Å²) in [5.41, 5.74) is 8.69. The number of thiophene rings is 1. The van der Waals surface area contributed by atoms with Crippen LogP contribution < -0.4 is 0 Å². The first kappa shape index (κ1) is 32.0. The molecule has 0 aliphatic heterocycles. The van der Waals surface area contributed by atoms with Gasteiger partial charge < -0.3 is 4.57 Å². The Labute approximate surface area is 317 Å². The largest absolute Gasteiger partial charge is 0.310 e. The molecule has 4 nitrogen and oxygen atoms in total. The number of rotatable bonds is 6. The molecule has 0 unspecified atom stereocenters. The molecule has 0 spiro atoms. The highest BCUT2D eigenvalue weighted by molar-refractivity contribution is 7.26. The van der Waals surface area contributed by atoms with Crippen molar-refractivity contribution in [1.29, 1.82) is 0 Å². The van der Waals surface area contributed by atoms with Crippen molar-refractivity contribution in [2.45, 2.75) is 13.8 Å². The molecule has 0 amide bonds. The molecule has 0 saturated heterocycles. The van der Waals surface area contributed by atoms with Crippen LogP contribution in [0.3, 0.4) is 0 Å². The zero-order valence-electron chi connectivity index (χ0n) is 29.9. The molecular formula is C49H34N4S. The molecule has 0 bridgehead atoms. The van der Waals surface area contributed by atoms with Crippen molar-refractivity contribution in [3.63, 3.8) is 0 Å². The number of hydrogen-bond donors (Lipinski definition) is 0. The molecular weight excluding hydrogens is 677 g/mol. The van der Waals surface area contributed by atoms with Gasteiger partial charge in [-0.1, -0.05) is 140 Å². The summed E-state index contributed by atoms with van der Waals surface area (Å²) in [6.07, 6.45) is 6.51. The van der Waals surface area contributed by atoms with Gasteiger partial charge in [-0.25, -0.2) is 15.0 Å². The molecule has 3 aromatic heterocycles. The molecule has 0 atom stereocenters. The molecule has 0 aliphatic rings. The fraction of sp³-hybridized carbons (Fsp3) is 0.0408. The van der Waals surface area contributed by atoms with Crippen LogP contribution in [0.2, 0.25) is 0 Å². The van der Waals surface area contributed by atoms with Crippen LogP contribution in [0, 0.1) is 0 Å². The van der Waals surface area contributed by atoms with Crippen molar-refractivity contribution in [2.24, 2.45) is 0 Å². The monoisotopic (exact) mass is 710 g/mol. The first-order valence-corrected chi connectivity index (χ1v) is 19.1. The molecule has 0 saturated carbocycles. The summed E-state index contributed by atoms with van der Waals surface area (Å²) in [5.74, 6) is 1.95. The Bertz CT molecular complexity index is 3050. The molecule has 0 fully saturated rings. The summed E-state index contributed by atoms with van der Waals surface area (Å²) in [6, 6.07) is 53.6. The highest BCUT2D eigenvalue weighted by Crippen LogP contribution is 2.45. The van der Waals surface area contributed by atoms with E-state index in [9.17, 15) is 0 Å². The third-order valence-corrected chi connectivity index (χ3v) is 11.5. The second kappa shape index (κ2) is 13.1. The van der Waals surface area contributed by atoms with Crippen LogP contribution in [0.5, 0.6) is 0 Å². The summed E-state index contributed by atoms with van der Waals surface area (Å²) in [5, 5.41) is 7.36. The third kappa shape index (κ3) is 5.16. The van der Waals surface area contributed by atoms with Crippen LogP contribution in [0.25, 0.3) is 104 Å². The van der Waals surface area contributed by atoms with E-state index in [0.29, 0.717) is 17.5 Å². The summed E-state index contributed by atoms with van der Waals surface area (Å²) < 4.78 is 5.03. The van der Waals surface area contributed by atoms with Gasteiger partial charge in [0.2, 0.25) is 0 Å². The molecule has 0 aliphatic carbocycles. The molecule has 0 radical (unpaired) electrons. The Kier molecular flexibility index (Phi) is 7.74. The van der Waals surface area contributed by atoms with E-state index in [-0.39, 0.29) is 0 Å². The Morgan fingerprint density at radius 3 is 1.87 bits per heavy atom. The number of benzene rings is 7. The van der Waals surface area contributed by atoms with E-state index in [1.807, 2.05) is 47.7 Å². The van der Waals surface area contributed by atoms with E-state index in [4.69, 9.17) is 15.0 Å². The SMILES string of the molecule is C/C=C\C(=C/C)n1c2ccc(-c3cccc4cccc(-c5nc(-c6ccccc6)nc(-c6ccccc6)n5)c34)cc2c2c3sc4ccccc4c3ccc21. The van der Waals surface area contributed by atoms with Gasteiger partial charge in [0.1, 0.15) is 0 Å². The molecule has 7 aromatic carbocycles. The van der Waals surface area contributed by atoms with Crippen LogP contribution in [-0.4, -0.2) is 19.5 Å². The zero-order valence-corrected chi connectivity index (χ0v) is 30.7. The molecule has 256 valence electrons. The number of hydrogen-bond acceptors (Lipinski definition) is 4. The minimum atomic E-state index is 0.648. The standard InChI is InChI=1S/C49H34N4S/c1-3-15-35(4-2)53-41-28-26-34(30-40(41)45-42(53)29-27-38-37-22-11-12-25-43(37)54-46(38)45)36-23-13-20-31-21-14-24-39(44(31)36)49-51-47(32-16-7-5-8-17-32)50-48(52-49)33-18-9-6-10-19-33/h3-30H,1-2H3/b15-3-,35-4+. The van der Waals surface area contributed by atoms with Crippen molar-refractivity contribution in [3.8, 4) is 45.3 Å². The maximum absolute atomic E-state index is 5.14. The lowest BCUT2D eigenvalue weighted by atomic mass is 9.93. The van der Waals surface area contributed by atoms with E-state index in [0.717, 1.165) is 44.3 Å². The van der Waals surface area contributed by atoms with Crippen molar-refractivity contribution in [2.75, 3.05) is 0 Å². The average Bonchev–Trinajstić information content (AvgIpc) is 3.78. The van der Waals surface area contributed by atoms with Gasteiger partial charge in [0, 0.05) is 58.7 Å². The predicted molar refractivity (Wildman–Crippen MR) is 230 cm³/mol. The lowest BCUT2D eigenvalue weighted by Gasteiger charge is -2.14. The van der Waals surface area contributed by atoms with Gasteiger partial charge in [-0.2, -0.15) is 0 Å². The summed E-state index contributed by atoms with van der Waals surface area (Å²) >= 11 is 1.88. The van der Waals surface area contributed by atoms with Crippen LogP contribution >= 0.6 is 11.3 Å². The second-order valence-electron chi connectivity index (χ2n) is 13.5. The van der Waals surface area contributed by atoms with Crippen molar-refractivity contribution >= 4 is 69.8 Å². The Morgan fingerprint density at radius 1 is 0.519 bits per heavy atom. The average molecular weight is 711 g/mol. The highest BCUT2D eigenvalue weighted by Gasteiger charge is 2.20. The normalized spacial score (nSPS) is 12.3. The molecule has 10 aromatic rings. The maximum Gasteiger partial charge on any atom is 0.164 e. The smallest absolute Gasteiger partial charge is 0.164 e. The molecule has 0 N–H and O–H groups in total. The van der Waals surface area contributed by atoms with E-state index in [2.05, 4.69) is 152 Å². The lowest BCUT2D eigenvalue weighted by molar-refractivity contribution is 1.08. The highest BCUT2D eigenvalue weighted by atomic mass is 32.1. The molecule has 10 rings (SSSR count). The Morgan fingerprint density at radius 2 is 1.17 bits per heavy atom. The second-order valence-corrected chi connectivity index (χ2v) is 14.5. The minimum Gasteiger partial charge on any atom is -0.310 e. The van der Waals surface area contributed by atoms with Crippen LogP contribution in [0.1, 0.15) is 13.8 Å². The van der Waals surface area contributed by atoms with E-state index in [1.54, 1.807) is 0 Å². The predicted octanol–water partition coefficient (Wildman–Crippen LogP) is 13.6. The summed E-state index contributed by atoms with van der Waals surface area (Å²) in [7, 11) is 0. The maximum atomic E-state index is 5.14. The minimum absolute atomic E-state index is 0.648. The summed E-state index contributed by atoms with van der Waals surface area (Å²) in [6.45, 7) is 4.19. The van der Waals surface area contributed by atoms with E-state index >= 15 is 0 Å². The first-order chi connectivity index (χ1) is 26.7. The van der Waals surface area contributed by atoms with Gasteiger partial charge in [0.25, 0.3) is 0 Å². The van der Waals surface area contributed by atoms with Crippen LogP contribution in [0.4, 0.5) is 0 Å². The Hall–Kier alpha value is -6.69. The van der Waals surface area contributed by atoms with Crippen molar-refractivity contribution in [3.05, 3.63) is 170 Å². The zero-order chi connectivity index (χ0) is 36.2. The summed E-state index contributed by atoms with van der Waals surface area (Å²) in [4.78, 5) is 15.3. The lowest BCUT2D eigenvalue weighted by Crippen LogP contribution is -2.00.